The normalized spacial score (nSPS) is 18.5. The number of anilines is 2. The van der Waals surface area contributed by atoms with Gasteiger partial charge in [0.25, 0.3) is 5.56 Å². The van der Waals surface area contributed by atoms with Gasteiger partial charge in [0.15, 0.2) is 0 Å². The summed E-state index contributed by atoms with van der Waals surface area (Å²) in [5, 5.41) is 4.19. The summed E-state index contributed by atoms with van der Waals surface area (Å²) in [4.78, 5) is 33.3. The molecule has 0 bridgehead atoms. The van der Waals surface area contributed by atoms with Gasteiger partial charge in [0.05, 0.1) is 11.3 Å². The van der Waals surface area contributed by atoms with Gasteiger partial charge in [-0.3, -0.25) is 14.1 Å². The molecule has 0 spiro atoms. The van der Waals surface area contributed by atoms with Crippen LogP contribution in [0, 0.1) is 0 Å². The van der Waals surface area contributed by atoms with Crippen molar-refractivity contribution < 1.29 is 8.42 Å². The third-order valence-corrected chi connectivity index (χ3v) is 8.17. The summed E-state index contributed by atoms with van der Waals surface area (Å²) in [5.41, 5.74) is 1.23. The summed E-state index contributed by atoms with van der Waals surface area (Å²) in [6.45, 7) is 5.65. The van der Waals surface area contributed by atoms with Gasteiger partial charge < -0.3 is 10.2 Å². The Labute approximate surface area is 217 Å². The highest BCUT2D eigenvalue weighted by molar-refractivity contribution is 7.92. The topological polar surface area (TPSA) is 135 Å². The van der Waals surface area contributed by atoms with Crippen LogP contribution in [0.2, 0.25) is 0 Å². The van der Waals surface area contributed by atoms with Gasteiger partial charge in [0, 0.05) is 47.7 Å². The third kappa shape index (κ3) is 6.24. The molecule has 37 heavy (non-hydrogen) atoms. The first-order valence-electron chi connectivity index (χ1n) is 12.8. The van der Waals surface area contributed by atoms with Crippen molar-refractivity contribution in [2.24, 2.45) is 0 Å². The monoisotopic (exact) mass is 528 g/mol. The van der Waals surface area contributed by atoms with Crippen LogP contribution in [0.1, 0.15) is 58.9 Å². The summed E-state index contributed by atoms with van der Waals surface area (Å²) in [6, 6.07) is 2.50. The van der Waals surface area contributed by atoms with Gasteiger partial charge in [-0.15, -0.1) is 0 Å². The van der Waals surface area contributed by atoms with Crippen LogP contribution in [0.4, 0.5) is 11.9 Å². The number of sulfonamides is 1. The van der Waals surface area contributed by atoms with E-state index in [0.29, 0.717) is 41.2 Å². The van der Waals surface area contributed by atoms with Crippen LogP contribution >= 0.6 is 0 Å². The molecule has 0 aromatic carbocycles. The zero-order valence-electron chi connectivity index (χ0n) is 22.1. The van der Waals surface area contributed by atoms with Crippen LogP contribution in [0.5, 0.6) is 0 Å². The fraction of sp³-hybridized carbons (Fsp3) is 0.560. The summed E-state index contributed by atoms with van der Waals surface area (Å²) in [6.07, 6.45) is 9.45. The predicted octanol–water partition coefficient (Wildman–Crippen LogP) is 3.27. The number of aromatic nitrogens is 5. The van der Waals surface area contributed by atoms with Gasteiger partial charge in [0.2, 0.25) is 21.9 Å². The van der Waals surface area contributed by atoms with Crippen LogP contribution in [0.25, 0.3) is 22.2 Å². The van der Waals surface area contributed by atoms with E-state index in [2.05, 4.69) is 44.0 Å². The maximum Gasteiger partial charge on any atom is 0.260 e. The fourth-order valence-electron chi connectivity index (χ4n) is 4.77. The minimum atomic E-state index is -3.50. The Kier molecular flexibility index (Phi) is 8.08. The minimum absolute atomic E-state index is 0.0178. The molecule has 0 atom stereocenters. The van der Waals surface area contributed by atoms with Crippen molar-refractivity contribution in [3.8, 4) is 11.1 Å². The Morgan fingerprint density at radius 1 is 1.05 bits per heavy atom. The molecule has 0 amide bonds. The van der Waals surface area contributed by atoms with E-state index < -0.39 is 10.0 Å². The molecule has 200 valence electrons. The van der Waals surface area contributed by atoms with Crippen molar-refractivity contribution >= 4 is 33.0 Å². The molecule has 3 aromatic heterocycles. The van der Waals surface area contributed by atoms with Gasteiger partial charge in [-0.1, -0.05) is 6.92 Å². The number of nitrogens with zero attached hydrogens (tertiary/aromatic N) is 6. The zero-order valence-corrected chi connectivity index (χ0v) is 22.9. The smallest absolute Gasteiger partial charge is 0.260 e. The highest BCUT2D eigenvalue weighted by atomic mass is 32.2. The van der Waals surface area contributed by atoms with Crippen molar-refractivity contribution in [1.29, 1.82) is 0 Å². The molecule has 12 heteroatoms. The lowest BCUT2D eigenvalue weighted by atomic mass is 9.91. The largest absolute Gasteiger partial charge is 0.351 e. The molecule has 0 unspecified atom stereocenters. The van der Waals surface area contributed by atoms with Crippen molar-refractivity contribution in [1.82, 2.24) is 29.4 Å². The predicted molar refractivity (Wildman–Crippen MR) is 146 cm³/mol. The lowest BCUT2D eigenvalue weighted by Crippen LogP contribution is -2.36. The van der Waals surface area contributed by atoms with E-state index >= 15 is 0 Å². The average Bonchev–Trinajstić information content (AvgIpc) is 2.84. The van der Waals surface area contributed by atoms with Crippen LogP contribution in [-0.4, -0.2) is 69.8 Å². The highest BCUT2D eigenvalue weighted by Gasteiger charge is 2.23. The molecule has 0 saturated heterocycles. The summed E-state index contributed by atoms with van der Waals surface area (Å²) in [7, 11) is 0.745. The van der Waals surface area contributed by atoms with E-state index in [9.17, 15) is 13.2 Å². The van der Waals surface area contributed by atoms with Crippen LogP contribution in [-0.2, 0) is 10.0 Å². The molecule has 1 aliphatic carbocycles. The average molecular weight is 529 g/mol. The summed E-state index contributed by atoms with van der Waals surface area (Å²) < 4.78 is 28.0. The molecule has 1 fully saturated rings. The van der Waals surface area contributed by atoms with E-state index in [-0.39, 0.29) is 23.3 Å². The van der Waals surface area contributed by atoms with E-state index in [0.717, 1.165) is 31.1 Å². The van der Waals surface area contributed by atoms with Crippen molar-refractivity contribution in [2.45, 2.75) is 71.0 Å². The molecule has 4 rings (SSSR count). The zero-order chi connectivity index (χ0) is 26.7. The molecule has 3 heterocycles. The van der Waals surface area contributed by atoms with Crippen molar-refractivity contribution in [2.75, 3.05) is 29.9 Å². The Bertz CT molecular complexity index is 1400. The Morgan fingerprint density at radius 2 is 1.70 bits per heavy atom. The highest BCUT2D eigenvalue weighted by Crippen LogP contribution is 2.26. The molecular weight excluding hydrogens is 492 g/mol. The number of nitrogens with one attached hydrogen (secondary N) is 2. The number of pyridine rings is 1. The molecular formula is C25H36N8O3S. The van der Waals surface area contributed by atoms with Gasteiger partial charge in [0.1, 0.15) is 5.65 Å². The van der Waals surface area contributed by atoms with E-state index in [4.69, 9.17) is 4.98 Å². The molecule has 0 radical (unpaired) electrons. The van der Waals surface area contributed by atoms with Gasteiger partial charge in [-0.05, 0) is 66.1 Å². The Morgan fingerprint density at radius 3 is 2.30 bits per heavy atom. The maximum absolute atomic E-state index is 13.5. The third-order valence-electron chi connectivity index (χ3n) is 6.73. The lowest BCUT2D eigenvalue weighted by Gasteiger charge is -2.33. The Hall–Kier alpha value is -3.12. The molecule has 3 aromatic rings. The molecule has 11 nitrogen and oxygen atoms in total. The SMILES string of the molecule is CCCS(=O)(=O)Nc1ncc(-c2cc3cnc(N[C@H]4CC[C@H](N(C)C)CC4)nc3n(C(C)C)c2=O)cn1. The number of rotatable bonds is 9. The van der Waals surface area contributed by atoms with Gasteiger partial charge in [-0.25, -0.2) is 23.4 Å². The van der Waals surface area contributed by atoms with Gasteiger partial charge in [-0.2, -0.15) is 4.98 Å². The standard InChI is InChI=1S/C25H36N8O3S/c1-6-11-37(35,36)31-24-26-14-18(15-27-24)21-12-17-13-28-25(30-22(17)33(16(2)3)23(21)34)29-19-7-9-20(10-8-19)32(4)5/h12-16,19-20H,6-11H2,1-5H3,(H,26,27,31)(H,28,29,30)/t19-,20-. The van der Waals surface area contributed by atoms with E-state index in [1.807, 2.05) is 13.8 Å². The number of fused-ring (bicyclic) bond motifs is 1. The first kappa shape index (κ1) is 26.9. The van der Waals surface area contributed by atoms with Gasteiger partial charge >= 0.3 is 0 Å². The number of hydrogen-bond donors (Lipinski definition) is 2. The first-order valence-corrected chi connectivity index (χ1v) is 14.4. The van der Waals surface area contributed by atoms with Crippen LogP contribution in [0.3, 0.4) is 0 Å². The molecule has 2 N–H and O–H groups in total. The summed E-state index contributed by atoms with van der Waals surface area (Å²) >= 11 is 0. The second kappa shape index (κ2) is 11.1. The number of hydrogen-bond acceptors (Lipinski definition) is 9. The maximum atomic E-state index is 13.5. The molecule has 1 aliphatic rings. The summed E-state index contributed by atoms with van der Waals surface area (Å²) in [5.74, 6) is 0.478. The second-order valence-electron chi connectivity index (χ2n) is 10.1. The second-order valence-corrected chi connectivity index (χ2v) is 12.0. The van der Waals surface area contributed by atoms with Crippen LogP contribution < -0.4 is 15.6 Å². The van der Waals surface area contributed by atoms with E-state index in [1.54, 1.807) is 23.8 Å². The molecule has 0 aliphatic heterocycles. The first-order chi connectivity index (χ1) is 17.6. The molecule has 1 saturated carbocycles. The van der Waals surface area contributed by atoms with Crippen molar-refractivity contribution in [3.05, 3.63) is 35.0 Å². The minimum Gasteiger partial charge on any atom is -0.351 e. The fourth-order valence-corrected chi connectivity index (χ4v) is 5.80. The quantitative estimate of drug-likeness (QED) is 0.429. The van der Waals surface area contributed by atoms with E-state index in [1.165, 1.54) is 12.4 Å². The van der Waals surface area contributed by atoms with Crippen molar-refractivity contribution in [3.63, 3.8) is 0 Å². The Balaban J connectivity index is 1.62. The lowest BCUT2D eigenvalue weighted by molar-refractivity contribution is 0.221. The van der Waals surface area contributed by atoms with Crippen LogP contribution in [0.15, 0.2) is 29.5 Å².